The molecule has 5 nitrogen and oxygen atoms in total. The normalized spacial score (nSPS) is 12.8. The van der Waals surface area contributed by atoms with E-state index >= 15 is 0 Å². The highest BCUT2D eigenvalue weighted by Crippen LogP contribution is 1.99. The summed E-state index contributed by atoms with van der Waals surface area (Å²) in [6.45, 7) is 2.59. The van der Waals surface area contributed by atoms with Crippen LogP contribution < -0.4 is 0 Å². The second-order valence-corrected chi connectivity index (χ2v) is 2.41. The number of aliphatic hydroxyl groups is 1. The number of aliphatic hydroxyl groups excluding tert-OH is 1. The van der Waals surface area contributed by atoms with Crippen molar-refractivity contribution in [3.63, 3.8) is 0 Å². The number of carbonyl (C=O) groups is 1. The molecule has 2 N–H and O–H groups in total. The molecule has 0 spiro atoms. The fourth-order valence-corrected chi connectivity index (χ4v) is 0.836. The molecule has 0 rings (SSSR count). The SMILES string of the molecule is CCOC(CCOCCO)C(=O)O. The summed E-state index contributed by atoms with van der Waals surface area (Å²) in [6, 6.07) is 0. The summed E-state index contributed by atoms with van der Waals surface area (Å²) < 4.78 is 9.86. The summed E-state index contributed by atoms with van der Waals surface area (Å²) in [5.74, 6) is -0.977. The molecule has 0 amide bonds. The maximum absolute atomic E-state index is 10.5. The monoisotopic (exact) mass is 192 g/mol. The first-order valence-corrected chi connectivity index (χ1v) is 4.25. The Hall–Kier alpha value is -0.650. The van der Waals surface area contributed by atoms with Gasteiger partial charge in [0.15, 0.2) is 6.10 Å². The zero-order chi connectivity index (χ0) is 10.1. The van der Waals surface area contributed by atoms with Gasteiger partial charge < -0.3 is 19.7 Å². The third kappa shape index (κ3) is 6.51. The Labute approximate surface area is 77.3 Å². The van der Waals surface area contributed by atoms with E-state index in [0.29, 0.717) is 13.0 Å². The summed E-state index contributed by atoms with van der Waals surface area (Å²) in [4.78, 5) is 10.5. The molecule has 78 valence electrons. The molecule has 0 aliphatic rings. The lowest BCUT2D eigenvalue weighted by Gasteiger charge is -2.11. The average molecular weight is 192 g/mol. The van der Waals surface area contributed by atoms with Crippen molar-refractivity contribution in [3.8, 4) is 0 Å². The van der Waals surface area contributed by atoms with Crippen molar-refractivity contribution in [2.75, 3.05) is 26.4 Å². The molecule has 0 fully saturated rings. The molecular formula is C8H16O5. The van der Waals surface area contributed by atoms with Gasteiger partial charge in [-0.15, -0.1) is 0 Å². The van der Waals surface area contributed by atoms with E-state index in [1.807, 2.05) is 0 Å². The van der Waals surface area contributed by atoms with Crippen molar-refractivity contribution < 1.29 is 24.5 Å². The molecule has 5 heteroatoms. The van der Waals surface area contributed by atoms with Gasteiger partial charge in [0.2, 0.25) is 0 Å². The Morgan fingerprint density at radius 2 is 2.15 bits per heavy atom. The zero-order valence-corrected chi connectivity index (χ0v) is 7.73. The van der Waals surface area contributed by atoms with Crippen molar-refractivity contribution in [1.82, 2.24) is 0 Å². The number of carboxylic acids is 1. The first kappa shape index (κ1) is 12.3. The molecule has 0 aromatic carbocycles. The van der Waals surface area contributed by atoms with Crippen molar-refractivity contribution in [3.05, 3.63) is 0 Å². The van der Waals surface area contributed by atoms with Gasteiger partial charge in [-0.25, -0.2) is 4.79 Å². The lowest BCUT2D eigenvalue weighted by Crippen LogP contribution is -2.25. The van der Waals surface area contributed by atoms with E-state index in [1.165, 1.54) is 0 Å². The smallest absolute Gasteiger partial charge is 0.332 e. The first-order chi connectivity index (χ1) is 6.22. The van der Waals surface area contributed by atoms with E-state index in [-0.39, 0.29) is 19.8 Å². The minimum atomic E-state index is -0.977. The molecule has 13 heavy (non-hydrogen) atoms. The van der Waals surface area contributed by atoms with Crippen LogP contribution >= 0.6 is 0 Å². The molecule has 0 radical (unpaired) electrons. The van der Waals surface area contributed by atoms with Crippen LogP contribution in [0.15, 0.2) is 0 Å². The van der Waals surface area contributed by atoms with Gasteiger partial charge in [-0.3, -0.25) is 0 Å². The molecule has 0 aromatic heterocycles. The number of hydrogen-bond acceptors (Lipinski definition) is 4. The number of aliphatic carboxylic acids is 1. The van der Waals surface area contributed by atoms with Crippen LogP contribution in [0, 0.1) is 0 Å². The molecule has 0 bridgehead atoms. The summed E-state index contributed by atoms with van der Waals surface area (Å²) >= 11 is 0. The van der Waals surface area contributed by atoms with E-state index in [2.05, 4.69) is 0 Å². The molecule has 0 saturated carbocycles. The second kappa shape index (κ2) is 7.97. The van der Waals surface area contributed by atoms with Crippen LogP contribution in [-0.4, -0.2) is 48.7 Å². The number of ether oxygens (including phenoxy) is 2. The standard InChI is InChI=1S/C8H16O5/c1-2-13-7(8(10)11)3-5-12-6-4-9/h7,9H,2-6H2,1H3,(H,10,11). The molecule has 0 aliphatic heterocycles. The minimum absolute atomic E-state index is 0.0492. The third-order valence-corrected chi connectivity index (χ3v) is 1.40. The summed E-state index contributed by atoms with van der Waals surface area (Å²) in [6.07, 6.45) is -0.493. The van der Waals surface area contributed by atoms with E-state index in [9.17, 15) is 4.79 Å². The van der Waals surface area contributed by atoms with Crippen molar-refractivity contribution in [1.29, 1.82) is 0 Å². The predicted octanol–water partition coefficient (Wildman–Crippen LogP) is -0.125. The Balaban J connectivity index is 3.51. The maximum Gasteiger partial charge on any atom is 0.332 e. The van der Waals surface area contributed by atoms with Gasteiger partial charge in [0, 0.05) is 19.6 Å². The number of rotatable bonds is 8. The van der Waals surface area contributed by atoms with Crippen molar-refractivity contribution in [2.45, 2.75) is 19.4 Å². The summed E-state index contributed by atoms with van der Waals surface area (Å²) in [5, 5.41) is 17.0. The van der Waals surface area contributed by atoms with E-state index in [4.69, 9.17) is 19.7 Å². The van der Waals surface area contributed by atoms with Crippen LogP contribution in [0.2, 0.25) is 0 Å². The van der Waals surface area contributed by atoms with Gasteiger partial charge in [-0.05, 0) is 6.92 Å². The van der Waals surface area contributed by atoms with Gasteiger partial charge in [-0.2, -0.15) is 0 Å². The zero-order valence-electron chi connectivity index (χ0n) is 7.73. The van der Waals surface area contributed by atoms with Crippen LogP contribution in [0.4, 0.5) is 0 Å². The Morgan fingerprint density at radius 1 is 1.46 bits per heavy atom. The second-order valence-electron chi connectivity index (χ2n) is 2.41. The maximum atomic E-state index is 10.5. The third-order valence-electron chi connectivity index (χ3n) is 1.40. The van der Waals surface area contributed by atoms with Crippen molar-refractivity contribution in [2.24, 2.45) is 0 Å². The van der Waals surface area contributed by atoms with Gasteiger partial charge in [0.05, 0.1) is 13.2 Å². The average Bonchev–Trinajstić information content (AvgIpc) is 2.10. The van der Waals surface area contributed by atoms with Crippen molar-refractivity contribution >= 4 is 5.97 Å². The molecule has 1 atom stereocenters. The van der Waals surface area contributed by atoms with Gasteiger partial charge in [0.25, 0.3) is 0 Å². The van der Waals surface area contributed by atoms with E-state index < -0.39 is 12.1 Å². The highest BCUT2D eigenvalue weighted by molar-refractivity contribution is 5.72. The van der Waals surface area contributed by atoms with Crippen LogP contribution in [0.3, 0.4) is 0 Å². The van der Waals surface area contributed by atoms with E-state index in [1.54, 1.807) is 6.92 Å². The first-order valence-electron chi connectivity index (χ1n) is 4.25. The Bertz CT molecular complexity index is 136. The molecule has 0 aromatic rings. The van der Waals surface area contributed by atoms with Crippen LogP contribution in [-0.2, 0) is 14.3 Å². The van der Waals surface area contributed by atoms with Crippen LogP contribution in [0.5, 0.6) is 0 Å². The number of carboxylic acid groups (broad SMARTS) is 1. The largest absolute Gasteiger partial charge is 0.479 e. The Morgan fingerprint density at radius 3 is 2.62 bits per heavy atom. The topological polar surface area (TPSA) is 76.0 Å². The van der Waals surface area contributed by atoms with Gasteiger partial charge in [0.1, 0.15) is 0 Å². The fourth-order valence-electron chi connectivity index (χ4n) is 0.836. The molecule has 1 unspecified atom stereocenters. The van der Waals surface area contributed by atoms with Crippen LogP contribution in [0.25, 0.3) is 0 Å². The highest BCUT2D eigenvalue weighted by Gasteiger charge is 2.16. The lowest BCUT2D eigenvalue weighted by atomic mass is 10.2. The summed E-state index contributed by atoms with van der Waals surface area (Å²) in [5.41, 5.74) is 0. The lowest BCUT2D eigenvalue weighted by molar-refractivity contribution is -0.151. The van der Waals surface area contributed by atoms with Gasteiger partial charge >= 0.3 is 5.97 Å². The molecule has 0 saturated heterocycles. The highest BCUT2D eigenvalue weighted by atomic mass is 16.5. The quantitative estimate of drug-likeness (QED) is 0.524. The molecule has 0 aliphatic carbocycles. The minimum Gasteiger partial charge on any atom is -0.479 e. The molecule has 0 heterocycles. The molecular weight excluding hydrogens is 176 g/mol. The van der Waals surface area contributed by atoms with E-state index in [0.717, 1.165) is 0 Å². The fraction of sp³-hybridized carbons (Fsp3) is 0.875. The predicted molar refractivity (Wildman–Crippen MR) is 45.6 cm³/mol. The number of hydrogen-bond donors (Lipinski definition) is 2. The summed E-state index contributed by atoms with van der Waals surface area (Å²) in [7, 11) is 0. The Kier molecular flexibility index (Phi) is 7.57. The van der Waals surface area contributed by atoms with Gasteiger partial charge in [-0.1, -0.05) is 0 Å². The van der Waals surface area contributed by atoms with Crippen LogP contribution in [0.1, 0.15) is 13.3 Å².